The number of hydrogen-bond acceptors (Lipinski definition) is 2. The van der Waals surface area contributed by atoms with Crippen molar-refractivity contribution in [3.63, 3.8) is 0 Å². The molecule has 0 aliphatic heterocycles. The minimum Gasteiger partial charge on any atom is -0.294 e. The van der Waals surface area contributed by atoms with Crippen molar-refractivity contribution in [1.82, 2.24) is 0 Å². The molecule has 0 atom stereocenters. The van der Waals surface area contributed by atoms with Crippen molar-refractivity contribution in [3.05, 3.63) is 63.9 Å². The predicted molar refractivity (Wildman–Crippen MR) is 73.2 cm³/mol. The van der Waals surface area contributed by atoms with Crippen molar-refractivity contribution >= 4 is 23.2 Å². The van der Waals surface area contributed by atoms with Crippen LogP contribution in [0.15, 0.2) is 47.9 Å². The van der Waals surface area contributed by atoms with Gasteiger partial charge in [-0.05, 0) is 35.6 Å². The Balaban J connectivity index is 2.01. The van der Waals surface area contributed by atoms with E-state index in [1.807, 2.05) is 54.8 Å². The summed E-state index contributed by atoms with van der Waals surface area (Å²) >= 11 is 1.62. The Hall–Kier alpha value is -1.67. The average molecular weight is 242 g/mol. The highest BCUT2D eigenvalue weighted by Crippen LogP contribution is 2.12. The van der Waals surface area contributed by atoms with Crippen LogP contribution >= 0.6 is 11.3 Å². The molecule has 0 saturated carbocycles. The number of rotatable bonds is 4. The van der Waals surface area contributed by atoms with E-state index >= 15 is 0 Å². The molecule has 0 bridgehead atoms. The number of ketones is 1. The van der Waals surface area contributed by atoms with Gasteiger partial charge < -0.3 is 0 Å². The van der Waals surface area contributed by atoms with Crippen LogP contribution in [0.1, 0.15) is 16.0 Å². The number of carbonyl (C=O) groups is 1. The predicted octanol–water partition coefficient (Wildman–Crippen LogP) is 3.88. The maximum Gasteiger partial charge on any atom is 0.160 e. The van der Waals surface area contributed by atoms with Crippen molar-refractivity contribution in [2.45, 2.75) is 13.3 Å². The van der Waals surface area contributed by atoms with Gasteiger partial charge in [0.05, 0.1) is 0 Å². The van der Waals surface area contributed by atoms with E-state index in [9.17, 15) is 4.79 Å². The Bertz CT molecular complexity index is 524. The van der Waals surface area contributed by atoms with Crippen LogP contribution in [0, 0.1) is 6.92 Å². The molecule has 17 heavy (non-hydrogen) atoms. The van der Waals surface area contributed by atoms with E-state index in [2.05, 4.69) is 0 Å². The second-order valence-electron chi connectivity index (χ2n) is 3.91. The van der Waals surface area contributed by atoms with Crippen LogP contribution < -0.4 is 0 Å². The van der Waals surface area contributed by atoms with Crippen LogP contribution in [0.25, 0.3) is 6.08 Å². The number of allylic oxidation sites excluding steroid dienone is 1. The standard InChI is InChI=1S/C15H14OS/c1-12-5-2-3-6-13(12)8-9-14(16)11-15-7-4-10-17-15/h2-10H,11H2,1H3/b9-8-. The van der Waals surface area contributed by atoms with E-state index in [1.165, 1.54) is 5.56 Å². The van der Waals surface area contributed by atoms with Gasteiger partial charge in [-0.2, -0.15) is 0 Å². The molecule has 0 N–H and O–H groups in total. The second kappa shape index (κ2) is 5.60. The highest BCUT2D eigenvalue weighted by Gasteiger charge is 2.00. The van der Waals surface area contributed by atoms with E-state index < -0.39 is 0 Å². The molecule has 0 aliphatic carbocycles. The van der Waals surface area contributed by atoms with Gasteiger partial charge in [-0.3, -0.25) is 4.79 Å². The molecule has 2 rings (SSSR count). The van der Waals surface area contributed by atoms with Gasteiger partial charge >= 0.3 is 0 Å². The van der Waals surface area contributed by atoms with E-state index in [1.54, 1.807) is 17.4 Å². The summed E-state index contributed by atoms with van der Waals surface area (Å²) in [6, 6.07) is 12.0. The average Bonchev–Trinajstić information content (AvgIpc) is 2.81. The number of thiophene rings is 1. The minimum atomic E-state index is 0.149. The van der Waals surface area contributed by atoms with Gasteiger partial charge in [0.2, 0.25) is 0 Å². The highest BCUT2D eigenvalue weighted by atomic mass is 32.1. The summed E-state index contributed by atoms with van der Waals surface area (Å²) in [6.45, 7) is 2.05. The zero-order valence-electron chi connectivity index (χ0n) is 9.72. The topological polar surface area (TPSA) is 17.1 Å². The van der Waals surface area contributed by atoms with Gasteiger partial charge in [-0.1, -0.05) is 36.4 Å². The lowest BCUT2D eigenvalue weighted by molar-refractivity contribution is -0.113. The zero-order valence-corrected chi connectivity index (χ0v) is 10.5. The van der Waals surface area contributed by atoms with Crippen molar-refractivity contribution < 1.29 is 4.79 Å². The summed E-state index contributed by atoms with van der Waals surface area (Å²) in [5, 5.41) is 1.99. The van der Waals surface area contributed by atoms with Crippen LogP contribution in [0.3, 0.4) is 0 Å². The molecular formula is C15H14OS. The third-order valence-corrected chi connectivity index (χ3v) is 3.44. The SMILES string of the molecule is Cc1ccccc1/C=C\C(=O)Cc1cccs1. The molecule has 1 heterocycles. The number of carbonyl (C=O) groups excluding carboxylic acids is 1. The largest absolute Gasteiger partial charge is 0.294 e. The summed E-state index contributed by atoms with van der Waals surface area (Å²) in [5.41, 5.74) is 2.29. The van der Waals surface area contributed by atoms with Crippen molar-refractivity contribution in [1.29, 1.82) is 0 Å². The summed E-state index contributed by atoms with van der Waals surface area (Å²) in [7, 11) is 0. The summed E-state index contributed by atoms with van der Waals surface area (Å²) in [6.07, 6.45) is 4.06. The Morgan fingerprint density at radius 2 is 2.06 bits per heavy atom. The molecule has 2 heteroatoms. The van der Waals surface area contributed by atoms with Gasteiger partial charge in [0.1, 0.15) is 0 Å². The normalized spacial score (nSPS) is 10.9. The smallest absolute Gasteiger partial charge is 0.160 e. The zero-order chi connectivity index (χ0) is 12.1. The third kappa shape index (κ3) is 3.40. The maximum absolute atomic E-state index is 11.7. The maximum atomic E-state index is 11.7. The number of hydrogen-bond donors (Lipinski definition) is 0. The fraction of sp³-hybridized carbons (Fsp3) is 0.133. The van der Waals surface area contributed by atoms with Crippen molar-refractivity contribution in [2.24, 2.45) is 0 Å². The molecule has 0 amide bonds. The molecule has 0 radical (unpaired) electrons. The summed E-state index contributed by atoms with van der Waals surface area (Å²) in [5.74, 6) is 0.149. The molecule has 0 unspecified atom stereocenters. The van der Waals surface area contributed by atoms with E-state index in [4.69, 9.17) is 0 Å². The molecule has 86 valence electrons. The van der Waals surface area contributed by atoms with Gasteiger partial charge in [0.25, 0.3) is 0 Å². The van der Waals surface area contributed by atoms with Crippen LogP contribution in [-0.4, -0.2) is 5.78 Å². The monoisotopic (exact) mass is 242 g/mol. The van der Waals surface area contributed by atoms with E-state index in [-0.39, 0.29) is 5.78 Å². The molecule has 1 aromatic carbocycles. The molecule has 0 aliphatic rings. The lowest BCUT2D eigenvalue weighted by Crippen LogP contribution is -1.95. The van der Waals surface area contributed by atoms with Crippen LogP contribution in [0.5, 0.6) is 0 Å². The summed E-state index contributed by atoms with van der Waals surface area (Å²) < 4.78 is 0. The fourth-order valence-corrected chi connectivity index (χ4v) is 2.31. The molecule has 2 aromatic rings. The Labute approximate surface area is 105 Å². The molecule has 1 nitrogen and oxygen atoms in total. The lowest BCUT2D eigenvalue weighted by Gasteiger charge is -1.98. The highest BCUT2D eigenvalue weighted by molar-refractivity contribution is 7.10. The summed E-state index contributed by atoms with van der Waals surface area (Å²) in [4.78, 5) is 12.8. The second-order valence-corrected chi connectivity index (χ2v) is 4.94. The Morgan fingerprint density at radius 1 is 1.24 bits per heavy atom. The van der Waals surface area contributed by atoms with Crippen molar-refractivity contribution in [2.75, 3.05) is 0 Å². The molecule has 0 fully saturated rings. The van der Waals surface area contributed by atoms with Gasteiger partial charge in [-0.15, -0.1) is 11.3 Å². The number of aryl methyl sites for hydroxylation is 1. The van der Waals surface area contributed by atoms with Crippen molar-refractivity contribution in [3.8, 4) is 0 Å². The first kappa shape index (κ1) is 11.8. The van der Waals surface area contributed by atoms with Crippen LogP contribution in [0.4, 0.5) is 0 Å². The molecule has 1 aromatic heterocycles. The van der Waals surface area contributed by atoms with Gasteiger partial charge in [-0.25, -0.2) is 0 Å². The minimum absolute atomic E-state index is 0.149. The molecule has 0 saturated heterocycles. The third-order valence-electron chi connectivity index (χ3n) is 2.57. The first-order chi connectivity index (χ1) is 8.25. The first-order valence-electron chi connectivity index (χ1n) is 5.54. The molecular weight excluding hydrogens is 228 g/mol. The Morgan fingerprint density at radius 3 is 2.76 bits per heavy atom. The molecule has 0 spiro atoms. The van der Waals surface area contributed by atoms with Crippen LogP contribution in [0.2, 0.25) is 0 Å². The lowest BCUT2D eigenvalue weighted by atomic mass is 10.1. The van der Waals surface area contributed by atoms with Gasteiger partial charge in [0.15, 0.2) is 5.78 Å². The van der Waals surface area contributed by atoms with Crippen LogP contribution in [-0.2, 0) is 11.2 Å². The quantitative estimate of drug-likeness (QED) is 0.744. The fourth-order valence-electron chi connectivity index (χ4n) is 1.60. The van der Waals surface area contributed by atoms with E-state index in [0.717, 1.165) is 10.4 Å². The van der Waals surface area contributed by atoms with E-state index in [0.29, 0.717) is 6.42 Å². The Kier molecular flexibility index (Phi) is 3.89. The first-order valence-corrected chi connectivity index (χ1v) is 6.42. The van der Waals surface area contributed by atoms with Gasteiger partial charge in [0, 0.05) is 11.3 Å². The number of benzene rings is 1.